The normalized spacial score (nSPS) is 16.2. The van der Waals surface area contributed by atoms with Gasteiger partial charge in [0.25, 0.3) is 0 Å². The Morgan fingerprint density at radius 1 is 1.21 bits per heavy atom. The van der Waals surface area contributed by atoms with Crippen LogP contribution in [-0.2, 0) is 16.2 Å². The smallest absolute Gasteiger partial charge is 0.244 e. The standard InChI is InChI=1S/C23H22ClN5O3S/c1-14(22(31)28-12-21(30)25-17-7-3-4-8-18(17)28)33-23-27-26-20(29(23)15-10-11-15)13-32-19-9-5-2-6-16(19)24/h2-9,14-15H,10-13H2,1H3,(H,25,30)/t14-/m0/s1. The second-order valence-corrected chi connectivity index (χ2v) is 9.68. The van der Waals surface area contributed by atoms with Gasteiger partial charge in [-0.3, -0.25) is 19.1 Å². The molecule has 2 amide bonds. The second kappa shape index (κ2) is 9.07. The van der Waals surface area contributed by atoms with Crippen LogP contribution >= 0.6 is 23.4 Å². The van der Waals surface area contributed by atoms with Crippen LogP contribution in [0.5, 0.6) is 5.75 Å². The fourth-order valence-corrected chi connectivity index (χ4v) is 4.94. The number of nitrogens with zero attached hydrogens (tertiary/aromatic N) is 4. The number of carbonyl (C=O) groups is 2. The number of rotatable bonds is 7. The molecule has 8 nitrogen and oxygen atoms in total. The van der Waals surface area contributed by atoms with Crippen molar-refractivity contribution < 1.29 is 14.3 Å². The van der Waals surface area contributed by atoms with Gasteiger partial charge in [-0.2, -0.15) is 0 Å². The summed E-state index contributed by atoms with van der Waals surface area (Å²) >= 11 is 7.54. The van der Waals surface area contributed by atoms with Crippen molar-refractivity contribution in [3.05, 3.63) is 59.4 Å². The number of hydrogen-bond acceptors (Lipinski definition) is 6. The zero-order valence-electron chi connectivity index (χ0n) is 17.9. The van der Waals surface area contributed by atoms with Crippen molar-refractivity contribution in [1.29, 1.82) is 0 Å². The molecule has 2 aliphatic rings. The highest BCUT2D eigenvalue weighted by atomic mass is 35.5. The molecule has 1 aromatic heterocycles. The van der Waals surface area contributed by atoms with Crippen molar-refractivity contribution in [3.63, 3.8) is 0 Å². The number of carbonyl (C=O) groups excluding carboxylic acids is 2. The molecule has 0 unspecified atom stereocenters. The van der Waals surface area contributed by atoms with Gasteiger partial charge in [0.2, 0.25) is 11.8 Å². The average Bonchev–Trinajstić information content (AvgIpc) is 3.58. The number of benzene rings is 2. The maximum atomic E-state index is 13.3. The van der Waals surface area contributed by atoms with E-state index in [1.54, 1.807) is 12.1 Å². The van der Waals surface area contributed by atoms with Crippen molar-refractivity contribution in [2.45, 2.75) is 42.8 Å². The van der Waals surface area contributed by atoms with E-state index in [4.69, 9.17) is 16.3 Å². The average molecular weight is 484 g/mol. The van der Waals surface area contributed by atoms with Gasteiger partial charge >= 0.3 is 0 Å². The van der Waals surface area contributed by atoms with E-state index in [2.05, 4.69) is 20.1 Å². The molecule has 1 N–H and O–H groups in total. The minimum absolute atomic E-state index is 0.00696. The van der Waals surface area contributed by atoms with Crippen LogP contribution in [0.1, 0.15) is 31.6 Å². The highest BCUT2D eigenvalue weighted by molar-refractivity contribution is 8.00. The number of para-hydroxylation sites is 3. The number of fused-ring (bicyclic) bond motifs is 1. The van der Waals surface area contributed by atoms with Gasteiger partial charge < -0.3 is 10.1 Å². The molecule has 1 atom stereocenters. The molecule has 0 spiro atoms. The van der Waals surface area contributed by atoms with Gasteiger partial charge in [-0.25, -0.2) is 0 Å². The first-order valence-electron chi connectivity index (χ1n) is 10.7. The highest BCUT2D eigenvalue weighted by Gasteiger charge is 2.34. The Kier molecular flexibility index (Phi) is 5.99. The lowest BCUT2D eigenvalue weighted by Crippen LogP contribution is -2.45. The Balaban J connectivity index is 1.33. The summed E-state index contributed by atoms with van der Waals surface area (Å²) < 4.78 is 7.93. The molecule has 1 fully saturated rings. The SMILES string of the molecule is C[C@H](Sc1nnc(COc2ccccc2Cl)n1C1CC1)C(=O)N1CC(=O)Nc2ccccc21. The van der Waals surface area contributed by atoms with Gasteiger partial charge in [0.1, 0.15) is 18.9 Å². The molecular formula is C23H22ClN5O3S. The second-order valence-electron chi connectivity index (χ2n) is 7.97. The summed E-state index contributed by atoms with van der Waals surface area (Å²) in [7, 11) is 0. The third-order valence-electron chi connectivity index (χ3n) is 5.51. The molecule has 3 aromatic rings. The number of amides is 2. The van der Waals surface area contributed by atoms with E-state index in [1.165, 1.54) is 16.7 Å². The molecule has 170 valence electrons. The molecule has 2 aromatic carbocycles. The highest BCUT2D eigenvalue weighted by Crippen LogP contribution is 2.40. The summed E-state index contributed by atoms with van der Waals surface area (Å²) in [5.74, 6) is 0.924. The van der Waals surface area contributed by atoms with E-state index in [0.717, 1.165) is 12.8 Å². The number of anilines is 2. The third kappa shape index (κ3) is 4.56. The maximum absolute atomic E-state index is 13.3. The number of ether oxygens (including phenoxy) is 1. The van der Waals surface area contributed by atoms with Crippen LogP contribution in [0.2, 0.25) is 5.02 Å². The first-order chi connectivity index (χ1) is 16.0. The quantitative estimate of drug-likeness (QED) is 0.504. The van der Waals surface area contributed by atoms with Crippen LogP contribution in [0.4, 0.5) is 11.4 Å². The van der Waals surface area contributed by atoms with Gasteiger partial charge in [0.05, 0.1) is 21.6 Å². The van der Waals surface area contributed by atoms with Crippen LogP contribution in [0.3, 0.4) is 0 Å². The van der Waals surface area contributed by atoms with Gasteiger partial charge in [-0.05, 0) is 44.0 Å². The maximum Gasteiger partial charge on any atom is 0.244 e. The molecule has 33 heavy (non-hydrogen) atoms. The van der Waals surface area contributed by atoms with Gasteiger partial charge in [0.15, 0.2) is 11.0 Å². The molecule has 1 aliphatic carbocycles. The van der Waals surface area contributed by atoms with Gasteiger partial charge in [-0.15, -0.1) is 10.2 Å². The van der Waals surface area contributed by atoms with E-state index in [9.17, 15) is 9.59 Å². The summed E-state index contributed by atoms with van der Waals surface area (Å²) in [5, 5.41) is 12.2. The van der Waals surface area contributed by atoms with E-state index >= 15 is 0 Å². The molecule has 0 bridgehead atoms. The van der Waals surface area contributed by atoms with E-state index in [1.807, 2.05) is 43.3 Å². The lowest BCUT2D eigenvalue weighted by molar-refractivity contribution is -0.121. The van der Waals surface area contributed by atoms with Crippen molar-refractivity contribution in [2.75, 3.05) is 16.8 Å². The van der Waals surface area contributed by atoms with E-state index in [-0.39, 0.29) is 25.0 Å². The van der Waals surface area contributed by atoms with Gasteiger partial charge in [-0.1, -0.05) is 47.6 Å². The summed E-state index contributed by atoms with van der Waals surface area (Å²) in [4.78, 5) is 27.0. The minimum Gasteiger partial charge on any atom is -0.484 e. The zero-order valence-corrected chi connectivity index (χ0v) is 19.5. The lowest BCUT2D eigenvalue weighted by Gasteiger charge is -2.30. The fourth-order valence-electron chi connectivity index (χ4n) is 3.75. The Morgan fingerprint density at radius 2 is 1.97 bits per heavy atom. The molecule has 1 aliphatic heterocycles. The Bertz CT molecular complexity index is 1210. The van der Waals surface area contributed by atoms with Crippen molar-refractivity contribution in [3.8, 4) is 5.75 Å². The minimum atomic E-state index is -0.456. The third-order valence-corrected chi connectivity index (χ3v) is 6.86. The Morgan fingerprint density at radius 3 is 2.76 bits per heavy atom. The largest absolute Gasteiger partial charge is 0.484 e. The van der Waals surface area contributed by atoms with E-state index < -0.39 is 5.25 Å². The monoisotopic (exact) mass is 483 g/mol. The van der Waals surface area contributed by atoms with E-state index in [0.29, 0.717) is 39.2 Å². The van der Waals surface area contributed by atoms with Crippen LogP contribution in [0.15, 0.2) is 53.7 Å². The van der Waals surface area contributed by atoms with Crippen LogP contribution < -0.4 is 15.0 Å². The van der Waals surface area contributed by atoms with Crippen molar-refractivity contribution in [2.24, 2.45) is 0 Å². The predicted octanol–water partition coefficient (Wildman–Crippen LogP) is 4.31. The molecule has 1 saturated carbocycles. The van der Waals surface area contributed by atoms with Crippen LogP contribution in [0, 0.1) is 0 Å². The summed E-state index contributed by atoms with van der Waals surface area (Å²) in [5.41, 5.74) is 1.34. The molecule has 0 radical (unpaired) electrons. The lowest BCUT2D eigenvalue weighted by atomic mass is 10.2. The fraction of sp³-hybridized carbons (Fsp3) is 0.304. The summed E-state index contributed by atoms with van der Waals surface area (Å²) in [6.07, 6.45) is 2.07. The number of nitrogens with one attached hydrogen (secondary N) is 1. The van der Waals surface area contributed by atoms with Crippen molar-refractivity contribution in [1.82, 2.24) is 14.8 Å². The molecule has 0 saturated heterocycles. The molecule has 2 heterocycles. The molecular weight excluding hydrogens is 462 g/mol. The Hall–Kier alpha value is -3.04. The van der Waals surface area contributed by atoms with Crippen molar-refractivity contribution >= 4 is 46.6 Å². The van der Waals surface area contributed by atoms with Crippen LogP contribution in [0.25, 0.3) is 0 Å². The van der Waals surface area contributed by atoms with Gasteiger partial charge in [0, 0.05) is 6.04 Å². The molecule has 10 heteroatoms. The summed E-state index contributed by atoms with van der Waals surface area (Å²) in [6.45, 7) is 2.05. The number of aromatic nitrogens is 3. The number of thioether (sulfide) groups is 1. The first kappa shape index (κ1) is 21.8. The number of hydrogen-bond donors (Lipinski definition) is 1. The number of halogens is 1. The molecule has 5 rings (SSSR count). The predicted molar refractivity (Wildman–Crippen MR) is 127 cm³/mol. The summed E-state index contributed by atoms with van der Waals surface area (Å²) in [6, 6.07) is 14.9. The topological polar surface area (TPSA) is 89.4 Å². The van der Waals surface area contributed by atoms with Crippen LogP contribution in [-0.4, -0.2) is 38.4 Å². The first-order valence-corrected chi connectivity index (χ1v) is 11.9. The zero-order chi connectivity index (χ0) is 22.9. The Labute approximate surface area is 200 Å².